The number of carbonyl (C=O) groups excluding carboxylic acids is 1. The van der Waals surface area contributed by atoms with Gasteiger partial charge in [0.05, 0.1) is 0 Å². The van der Waals surface area contributed by atoms with Crippen LogP contribution in [0.25, 0.3) is 0 Å². The Labute approximate surface area is 80.7 Å². The van der Waals surface area contributed by atoms with Crippen LogP contribution in [0.5, 0.6) is 0 Å². The number of aldehydes is 1. The zero-order valence-electron chi connectivity index (χ0n) is 8.55. The highest BCUT2D eigenvalue weighted by Gasteiger charge is 2.30. The Balaban J connectivity index is 2.33. The lowest BCUT2D eigenvalue weighted by molar-refractivity contribution is -0.118. The van der Waals surface area contributed by atoms with Gasteiger partial charge in [0.1, 0.15) is 6.29 Å². The molecule has 2 nitrogen and oxygen atoms in total. The van der Waals surface area contributed by atoms with Crippen LogP contribution >= 0.6 is 0 Å². The van der Waals surface area contributed by atoms with Crippen LogP contribution in [0.15, 0.2) is 0 Å². The third-order valence-corrected chi connectivity index (χ3v) is 3.12. The summed E-state index contributed by atoms with van der Waals surface area (Å²) < 4.78 is 5.01. The first-order valence-corrected chi connectivity index (χ1v) is 5.28. The fraction of sp³-hybridized carbons (Fsp3) is 0.909. The largest absolute Gasteiger partial charge is 0.385 e. The molecule has 0 aromatic carbocycles. The van der Waals surface area contributed by atoms with Gasteiger partial charge < -0.3 is 9.53 Å². The van der Waals surface area contributed by atoms with E-state index in [4.69, 9.17) is 4.74 Å². The topological polar surface area (TPSA) is 26.3 Å². The van der Waals surface area contributed by atoms with Gasteiger partial charge in [-0.25, -0.2) is 0 Å². The van der Waals surface area contributed by atoms with Crippen molar-refractivity contribution in [3.05, 3.63) is 0 Å². The molecule has 0 spiro atoms. The second-order valence-corrected chi connectivity index (χ2v) is 4.14. The quantitative estimate of drug-likeness (QED) is 0.485. The summed E-state index contributed by atoms with van der Waals surface area (Å²) in [6.07, 6.45) is 9.19. The molecule has 1 saturated carbocycles. The van der Waals surface area contributed by atoms with Crippen molar-refractivity contribution >= 4 is 6.29 Å². The maximum absolute atomic E-state index is 11.0. The predicted molar refractivity (Wildman–Crippen MR) is 52.7 cm³/mol. The first-order valence-electron chi connectivity index (χ1n) is 5.28. The van der Waals surface area contributed by atoms with Crippen LogP contribution in [-0.4, -0.2) is 20.0 Å². The normalized spacial score (nSPS) is 21.3. The van der Waals surface area contributed by atoms with Gasteiger partial charge in [0.15, 0.2) is 0 Å². The molecular formula is C11H20O2. The fourth-order valence-electron chi connectivity index (χ4n) is 2.25. The Hall–Kier alpha value is -0.370. The molecular weight excluding hydrogens is 164 g/mol. The standard InChI is InChI=1S/C11H20O2/c1-13-9-5-8-11(10-12)6-3-2-4-7-11/h10H,2-9H2,1H3. The van der Waals surface area contributed by atoms with E-state index >= 15 is 0 Å². The van der Waals surface area contributed by atoms with Crippen molar-refractivity contribution in [2.24, 2.45) is 5.41 Å². The Morgan fingerprint density at radius 1 is 1.31 bits per heavy atom. The third kappa shape index (κ3) is 3.11. The van der Waals surface area contributed by atoms with Crippen molar-refractivity contribution in [2.45, 2.75) is 44.9 Å². The molecule has 1 rings (SSSR count). The van der Waals surface area contributed by atoms with Crippen molar-refractivity contribution in [1.29, 1.82) is 0 Å². The minimum Gasteiger partial charge on any atom is -0.385 e. The summed E-state index contributed by atoms with van der Waals surface area (Å²) in [5, 5.41) is 0. The Bertz CT molecular complexity index is 148. The Morgan fingerprint density at radius 3 is 2.54 bits per heavy atom. The van der Waals surface area contributed by atoms with Crippen molar-refractivity contribution in [2.75, 3.05) is 13.7 Å². The number of ether oxygens (including phenoxy) is 1. The summed E-state index contributed by atoms with van der Waals surface area (Å²) in [7, 11) is 1.72. The highest BCUT2D eigenvalue weighted by molar-refractivity contribution is 5.59. The lowest BCUT2D eigenvalue weighted by Crippen LogP contribution is -2.26. The van der Waals surface area contributed by atoms with Gasteiger partial charge in [-0.1, -0.05) is 19.3 Å². The smallest absolute Gasteiger partial charge is 0.126 e. The molecule has 2 heteroatoms. The first kappa shape index (κ1) is 10.7. The minimum atomic E-state index is 0.0107. The minimum absolute atomic E-state index is 0.0107. The Morgan fingerprint density at radius 2 is 2.00 bits per heavy atom. The van der Waals surface area contributed by atoms with Crippen molar-refractivity contribution < 1.29 is 9.53 Å². The van der Waals surface area contributed by atoms with Gasteiger partial charge in [-0.05, 0) is 25.7 Å². The Kier molecular flexibility index (Phi) is 4.43. The molecule has 1 aliphatic carbocycles. The second-order valence-electron chi connectivity index (χ2n) is 4.14. The monoisotopic (exact) mass is 184 g/mol. The molecule has 0 aromatic heterocycles. The second kappa shape index (κ2) is 5.38. The lowest BCUT2D eigenvalue weighted by Gasteiger charge is -2.31. The summed E-state index contributed by atoms with van der Waals surface area (Å²) in [5.74, 6) is 0. The molecule has 0 heterocycles. The molecule has 0 radical (unpaired) electrons. The van der Waals surface area contributed by atoms with Crippen LogP contribution in [0, 0.1) is 5.41 Å². The van der Waals surface area contributed by atoms with Gasteiger partial charge in [-0.3, -0.25) is 0 Å². The maximum atomic E-state index is 11.0. The molecule has 1 aliphatic rings. The van der Waals surface area contributed by atoms with Crippen molar-refractivity contribution in [3.8, 4) is 0 Å². The summed E-state index contributed by atoms with van der Waals surface area (Å²) in [6.45, 7) is 0.787. The molecule has 0 amide bonds. The van der Waals surface area contributed by atoms with Crippen LogP contribution < -0.4 is 0 Å². The summed E-state index contributed by atoms with van der Waals surface area (Å²) in [5.41, 5.74) is 0.0107. The van der Waals surface area contributed by atoms with Crippen LogP contribution in [0.1, 0.15) is 44.9 Å². The summed E-state index contributed by atoms with van der Waals surface area (Å²) in [4.78, 5) is 11.0. The van der Waals surface area contributed by atoms with Gasteiger partial charge in [-0.2, -0.15) is 0 Å². The third-order valence-electron chi connectivity index (χ3n) is 3.12. The van der Waals surface area contributed by atoms with E-state index in [0.29, 0.717) is 0 Å². The van der Waals surface area contributed by atoms with Crippen molar-refractivity contribution in [1.82, 2.24) is 0 Å². The van der Waals surface area contributed by atoms with Crippen LogP contribution in [0.4, 0.5) is 0 Å². The van der Waals surface area contributed by atoms with Crippen LogP contribution in [0.2, 0.25) is 0 Å². The van der Waals surface area contributed by atoms with E-state index < -0.39 is 0 Å². The van der Waals surface area contributed by atoms with E-state index in [1.54, 1.807) is 7.11 Å². The highest BCUT2D eigenvalue weighted by atomic mass is 16.5. The van der Waals surface area contributed by atoms with E-state index in [-0.39, 0.29) is 5.41 Å². The molecule has 0 aliphatic heterocycles. The number of methoxy groups -OCH3 is 1. The number of rotatable bonds is 5. The molecule has 0 bridgehead atoms. The SMILES string of the molecule is COCCCC1(C=O)CCCCC1. The number of hydrogen-bond donors (Lipinski definition) is 0. The van der Waals surface area contributed by atoms with E-state index in [1.807, 2.05) is 0 Å². The van der Waals surface area contributed by atoms with Crippen LogP contribution in [-0.2, 0) is 9.53 Å². The summed E-state index contributed by atoms with van der Waals surface area (Å²) in [6, 6.07) is 0. The molecule has 0 unspecified atom stereocenters. The van der Waals surface area contributed by atoms with E-state index in [0.717, 1.165) is 32.3 Å². The lowest BCUT2D eigenvalue weighted by atomic mass is 9.72. The number of hydrogen-bond acceptors (Lipinski definition) is 2. The van der Waals surface area contributed by atoms with Gasteiger partial charge in [0, 0.05) is 19.1 Å². The molecule has 13 heavy (non-hydrogen) atoms. The molecule has 0 atom stereocenters. The van der Waals surface area contributed by atoms with Gasteiger partial charge in [-0.15, -0.1) is 0 Å². The maximum Gasteiger partial charge on any atom is 0.126 e. The molecule has 0 N–H and O–H groups in total. The summed E-state index contributed by atoms with van der Waals surface area (Å²) >= 11 is 0. The average molecular weight is 184 g/mol. The van der Waals surface area contributed by atoms with E-state index in [2.05, 4.69) is 0 Å². The zero-order chi connectivity index (χ0) is 9.57. The first-order chi connectivity index (χ1) is 6.33. The average Bonchev–Trinajstić information content (AvgIpc) is 2.20. The molecule has 1 fully saturated rings. The van der Waals surface area contributed by atoms with E-state index in [9.17, 15) is 4.79 Å². The molecule has 0 aromatic rings. The van der Waals surface area contributed by atoms with Gasteiger partial charge >= 0.3 is 0 Å². The van der Waals surface area contributed by atoms with Gasteiger partial charge in [0.2, 0.25) is 0 Å². The highest BCUT2D eigenvalue weighted by Crippen LogP contribution is 2.38. The zero-order valence-corrected chi connectivity index (χ0v) is 8.55. The number of carbonyl (C=O) groups is 1. The predicted octanol–water partition coefficient (Wildman–Crippen LogP) is 2.56. The van der Waals surface area contributed by atoms with Crippen molar-refractivity contribution in [3.63, 3.8) is 0 Å². The molecule has 76 valence electrons. The van der Waals surface area contributed by atoms with E-state index in [1.165, 1.54) is 25.5 Å². The van der Waals surface area contributed by atoms with Gasteiger partial charge in [0.25, 0.3) is 0 Å². The molecule has 0 saturated heterocycles. The van der Waals surface area contributed by atoms with Crippen LogP contribution in [0.3, 0.4) is 0 Å². The fourth-order valence-corrected chi connectivity index (χ4v) is 2.25.